The van der Waals surface area contributed by atoms with E-state index in [1.807, 2.05) is 29.7 Å². The monoisotopic (exact) mass is 301 g/mol. The summed E-state index contributed by atoms with van der Waals surface area (Å²) in [7, 11) is 0. The van der Waals surface area contributed by atoms with Gasteiger partial charge < -0.3 is 4.40 Å². The van der Waals surface area contributed by atoms with Crippen molar-refractivity contribution in [2.45, 2.75) is 12.8 Å². The third kappa shape index (κ3) is 2.36. The number of hydrogen-bond acceptors (Lipinski definition) is 3. The van der Waals surface area contributed by atoms with Crippen molar-refractivity contribution in [3.05, 3.63) is 64.0 Å². The van der Waals surface area contributed by atoms with Gasteiger partial charge in [-0.2, -0.15) is 0 Å². The van der Waals surface area contributed by atoms with Crippen molar-refractivity contribution < 1.29 is 4.92 Å². The van der Waals surface area contributed by atoms with E-state index in [2.05, 4.69) is 4.98 Å². The molecule has 0 unspecified atom stereocenters. The molecule has 0 spiro atoms. The molecule has 1 aromatic carbocycles. The lowest BCUT2D eigenvalue weighted by atomic mass is 10.1. The Bertz CT molecular complexity index is 842. The number of pyridine rings is 1. The van der Waals surface area contributed by atoms with Gasteiger partial charge in [0, 0.05) is 23.9 Å². The lowest BCUT2D eigenvalue weighted by Gasteiger charge is -2.02. The molecule has 5 nitrogen and oxygen atoms in total. The highest BCUT2D eigenvalue weighted by Gasteiger charge is 2.15. The van der Waals surface area contributed by atoms with Gasteiger partial charge in [-0.3, -0.25) is 10.1 Å². The zero-order valence-corrected chi connectivity index (χ0v) is 12.0. The van der Waals surface area contributed by atoms with E-state index in [-0.39, 0.29) is 11.6 Å². The van der Waals surface area contributed by atoms with E-state index >= 15 is 0 Å². The van der Waals surface area contributed by atoms with Crippen molar-refractivity contribution in [2.75, 3.05) is 0 Å². The summed E-state index contributed by atoms with van der Waals surface area (Å²) in [5.74, 6) is 0.280. The summed E-state index contributed by atoms with van der Waals surface area (Å²) >= 11 is 6.06. The van der Waals surface area contributed by atoms with E-state index in [1.165, 1.54) is 12.1 Å². The van der Waals surface area contributed by atoms with Crippen molar-refractivity contribution in [3.8, 4) is 11.3 Å². The van der Waals surface area contributed by atoms with Crippen LogP contribution in [0.1, 0.15) is 11.3 Å². The minimum absolute atomic E-state index is 0.0428. The molecule has 21 heavy (non-hydrogen) atoms. The third-order valence-corrected chi connectivity index (χ3v) is 3.58. The molecule has 0 N–H and O–H groups in total. The number of nitro benzene ring substituents is 1. The molecule has 106 valence electrons. The van der Waals surface area contributed by atoms with Crippen molar-refractivity contribution in [1.82, 2.24) is 9.38 Å². The SMILES string of the molecule is Cc1ccc2nc(-c3cccc([N+](=O)[O-])c3)c(CCl)n2c1. The maximum atomic E-state index is 10.9. The molecule has 3 rings (SSSR count). The van der Waals surface area contributed by atoms with Gasteiger partial charge in [-0.05, 0) is 18.6 Å². The van der Waals surface area contributed by atoms with Crippen LogP contribution in [0.2, 0.25) is 0 Å². The van der Waals surface area contributed by atoms with Gasteiger partial charge in [0.15, 0.2) is 0 Å². The first-order valence-corrected chi connectivity index (χ1v) is 6.92. The van der Waals surface area contributed by atoms with E-state index in [9.17, 15) is 10.1 Å². The Morgan fingerprint density at radius 3 is 2.86 bits per heavy atom. The van der Waals surface area contributed by atoms with Crippen LogP contribution in [0.4, 0.5) is 5.69 Å². The number of imidazole rings is 1. The van der Waals surface area contributed by atoms with E-state index in [0.29, 0.717) is 11.3 Å². The van der Waals surface area contributed by atoms with Gasteiger partial charge in [0.25, 0.3) is 5.69 Å². The molecular formula is C15H12ClN3O2. The van der Waals surface area contributed by atoms with Gasteiger partial charge in [-0.15, -0.1) is 11.6 Å². The van der Waals surface area contributed by atoms with Crippen molar-refractivity contribution in [1.29, 1.82) is 0 Å². The Morgan fingerprint density at radius 1 is 1.33 bits per heavy atom. The molecule has 0 saturated carbocycles. The average molecular weight is 302 g/mol. The van der Waals surface area contributed by atoms with Crippen LogP contribution in [-0.4, -0.2) is 14.3 Å². The maximum Gasteiger partial charge on any atom is 0.270 e. The minimum Gasteiger partial charge on any atom is -0.302 e. The second-order valence-electron chi connectivity index (χ2n) is 4.78. The van der Waals surface area contributed by atoms with Gasteiger partial charge in [0.05, 0.1) is 22.2 Å². The predicted octanol–water partition coefficient (Wildman–Crippen LogP) is 3.96. The highest BCUT2D eigenvalue weighted by Crippen LogP contribution is 2.28. The standard InChI is InChI=1S/C15H12ClN3O2/c1-10-5-6-14-17-15(13(8-16)18(14)9-10)11-3-2-4-12(7-11)19(20)21/h2-7,9H,8H2,1H3. The smallest absolute Gasteiger partial charge is 0.270 e. The first kappa shape index (κ1) is 13.6. The molecule has 2 heterocycles. The highest BCUT2D eigenvalue weighted by molar-refractivity contribution is 6.17. The summed E-state index contributed by atoms with van der Waals surface area (Å²) in [6.07, 6.45) is 1.96. The predicted molar refractivity (Wildman–Crippen MR) is 81.6 cm³/mol. The van der Waals surface area contributed by atoms with E-state index in [0.717, 1.165) is 16.9 Å². The van der Waals surface area contributed by atoms with Crippen LogP contribution in [0.3, 0.4) is 0 Å². The fourth-order valence-electron chi connectivity index (χ4n) is 2.33. The molecule has 6 heteroatoms. The van der Waals surface area contributed by atoms with Crippen molar-refractivity contribution in [3.63, 3.8) is 0 Å². The zero-order valence-electron chi connectivity index (χ0n) is 11.3. The molecule has 0 fully saturated rings. The number of alkyl halides is 1. The Morgan fingerprint density at radius 2 is 2.14 bits per heavy atom. The number of halogens is 1. The van der Waals surface area contributed by atoms with Crippen LogP contribution in [-0.2, 0) is 5.88 Å². The van der Waals surface area contributed by atoms with Crippen LogP contribution in [0, 0.1) is 17.0 Å². The summed E-state index contributed by atoms with van der Waals surface area (Å²) in [4.78, 5) is 15.0. The van der Waals surface area contributed by atoms with Crippen LogP contribution in [0.15, 0.2) is 42.6 Å². The summed E-state index contributed by atoms with van der Waals surface area (Å²) in [5.41, 5.74) is 4.12. The second-order valence-corrected chi connectivity index (χ2v) is 5.05. The Balaban J connectivity index is 2.24. The number of hydrogen-bond donors (Lipinski definition) is 0. The summed E-state index contributed by atoms with van der Waals surface area (Å²) in [5, 5.41) is 10.9. The fourth-order valence-corrected chi connectivity index (χ4v) is 2.58. The maximum absolute atomic E-state index is 10.9. The van der Waals surface area contributed by atoms with Gasteiger partial charge >= 0.3 is 0 Å². The summed E-state index contributed by atoms with van der Waals surface area (Å²) in [6.45, 7) is 1.99. The molecule has 0 radical (unpaired) electrons. The van der Waals surface area contributed by atoms with Gasteiger partial charge in [-0.25, -0.2) is 4.98 Å². The largest absolute Gasteiger partial charge is 0.302 e. The Labute approximate surface area is 126 Å². The molecule has 0 aliphatic rings. The van der Waals surface area contributed by atoms with E-state index in [4.69, 9.17) is 11.6 Å². The molecule has 3 aromatic rings. The molecule has 0 bridgehead atoms. The highest BCUT2D eigenvalue weighted by atomic mass is 35.5. The molecule has 0 aliphatic heterocycles. The normalized spacial score (nSPS) is 11.0. The molecule has 0 aliphatic carbocycles. The number of nitrogens with zero attached hydrogens (tertiary/aromatic N) is 3. The van der Waals surface area contributed by atoms with Crippen LogP contribution in [0.5, 0.6) is 0 Å². The number of fused-ring (bicyclic) bond motifs is 1. The minimum atomic E-state index is -0.413. The van der Waals surface area contributed by atoms with Crippen LogP contribution >= 0.6 is 11.6 Å². The van der Waals surface area contributed by atoms with Gasteiger partial charge in [-0.1, -0.05) is 18.2 Å². The Kier molecular flexibility index (Phi) is 3.35. The number of benzene rings is 1. The summed E-state index contributed by atoms with van der Waals surface area (Å²) < 4.78 is 1.93. The molecule has 0 amide bonds. The molecule has 0 atom stereocenters. The van der Waals surface area contributed by atoms with E-state index < -0.39 is 4.92 Å². The number of non-ortho nitro benzene ring substituents is 1. The molecular weight excluding hydrogens is 290 g/mol. The average Bonchev–Trinajstić information content (AvgIpc) is 2.85. The Hall–Kier alpha value is -2.40. The first-order valence-electron chi connectivity index (χ1n) is 6.38. The van der Waals surface area contributed by atoms with Crippen LogP contribution in [0.25, 0.3) is 16.9 Å². The number of aromatic nitrogens is 2. The number of aryl methyl sites for hydroxylation is 1. The lowest BCUT2D eigenvalue weighted by Crippen LogP contribution is -1.93. The fraction of sp³-hybridized carbons (Fsp3) is 0.133. The third-order valence-electron chi connectivity index (χ3n) is 3.32. The topological polar surface area (TPSA) is 60.4 Å². The first-order chi connectivity index (χ1) is 10.1. The summed E-state index contributed by atoms with van der Waals surface area (Å²) in [6, 6.07) is 10.3. The zero-order chi connectivity index (χ0) is 15.0. The molecule has 0 saturated heterocycles. The quantitative estimate of drug-likeness (QED) is 0.418. The van der Waals surface area contributed by atoms with Crippen molar-refractivity contribution >= 4 is 22.9 Å². The van der Waals surface area contributed by atoms with Gasteiger partial charge in [0.2, 0.25) is 0 Å². The number of nitro groups is 1. The van der Waals surface area contributed by atoms with Crippen LogP contribution < -0.4 is 0 Å². The lowest BCUT2D eigenvalue weighted by molar-refractivity contribution is -0.384. The van der Waals surface area contributed by atoms with Crippen molar-refractivity contribution in [2.24, 2.45) is 0 Å². The number of rotatable bonds is 3. The molecule has 2 aromatic heterocycles. The van der Waals surface area contributed by atoms with E-state index in [1.54, 1.807) is 12.1 Å². The van der Waals surface area contributed by atoms with Gasteiger partial charge in [0.1, 0.15) is 5.65 Å². The second kappa shape index (κ2) is 5.18.